The molecule has 1 fully saturated rings. The van der Waals surface area contributed by atoms with Crippen LogP contribution < -0.4 is 0 Å². The summed E-state index contributed by atoms with van der Waals surface area (Å²) in [5.41, 5.74) is 3.13. The maximum Gasteiger partial charge on any atom is 0.270 e. The fraction of sp³-hybridized carbons (Fsp3) is 0.269. The number of hydrogen-bond donors (Lipinski definition) is 1. The molecule has 0 aliphatic carbocycles. The smallest absolute Gasteiger partial charge is 0.270 e. The van der Waals surface area contributed by atoms with Gasteiger partial charge in [0.25, 0.3) is 5.91 Å². The van der Waals surface area contributed by atoms with E-state index in [-0.39, 0.29) is 24.1 Å². The van der Waals surface area contributed by atoms with E-state index in [1.165, 1.54) is 12.1 Å². The Kier molecular flexibility index (Phi) is 6.96. The number of benzene rings is 2. The lowest BCUT2D eigenvalue weighted by Crippen LogP contribution is -2.29. The molecule has 0 radical (unpaired) electrons. The largest absolute Gasteiger partial charge is 0.356 e. The van der Waals surface area contributed by atoms with Crippen LogP contribution in [0.15, 0.2) is 60.8 Å². The fourth-order valence-electron chi connectivity index (χ4n) is 4.07. The van der Waals surface area contributed by atoms with Gasteiger partial charge >= 0.3 is 0 Å². The van der Waals surface area contributed by atoms with Crippen molar-refractivity contribution in [3.8, 4) is 6.07 Å². The van der Waals surface area contributed by atoms with Crippen molar-refractivity contribution in [2.75, 3.05) is 19.6 Å². The molecule has 6 nitrogen and oxygen atoms in total. The van der Waals surface area contributed by atoms with E-state index in [1.54, 1.807) is 35.4 Å². The van der Waals surface area contributed by atoms with Crippen molar-refractivity contribution in [1.82, 2.24) is 14.8 Å². The minimum Gasteiger partial charge on any atom is -0.356 e. The number of hydrogen-bond acceptors (Lipinski definition) is 4. The lowest BCUT2D eigenvalue weighted by atomic mass is 10.1. The minimum atomic E-state index is -0.326. The maximum absolute atomic E-state index is 13.7. The summed E-state index contributed by atoms with van der Waals surface area (Å²) in [6.45, 7) is 2.43. The second kappa shape index (κ2) is 10.2. The summed E-state index contributed by atoms with van der Waals surface area (Å²) < 4.78 is 13.7. The van der Waals surface area contributed by atoms with Gasteiger partial charge in [0, 0.05) is 37.9 Å². The summed E-state index contributed by atoms with van der Waals surface area (Å²) in [6.07, 6.45) is 3.58. The highest BCUT2D eigenvalue weighted by atomic mass is 19.1. The summed E-state index contributed by atoms with van der Waals surface area (Å²) in [5.74, 6) is -0.537. The van der Waals surface area contributed by atoms with Crippen LogP contribution in [0.2, 0.25) is 0 Å². The van der Waals surface area contributed by atoms with Crippen molar-refractivity contribution in [2.45, 2.75) is 25.9 Å². The number of Topliss-reactive ketones (excluding diaryl/α,β-unsaturated/α-hetero) is 1. The van der Waals surface area contributed by atoms with E-state index >= 15 is 0 Å². The van der Waals surface area contributed by atoms with E-state index in [0.29, 0.717) is 29.9 Å². The van der Waals surface area contributed by atoms with Crippen LogP contribution in [0.5, 0.6) is 0 Å². The van der Waals surface area contributed by atoms with Gasteiger partial charge in [0.1, 0.15) is 11.5 Å². The second-order valence-corrected chi connectivity index (χ2v) is 8.31. The first-order valence-electron chi connectivity index (χ1n) is 11.0. The van der Waals surface area contributed by atoms with Gasteiger partial charge in [0.15, 0.2) is 5.78 Å². The van der Waals surface area contributed by atoms with E-state index in [9.17, 15) is 14.0 Å². The molecule has 7 heteroatoms. The van der Waals surface area contributed by atoms with Crippen molar-refractivity contribution in [2.24, 2.45) is 0 Å². The van der Waals surface area contributed by atoms with E-state index < -0.39 is 0 Å². The van der Waals surface area contributed by atoms with Gasteiger partial charge in [-0.3, -0.25) is 14.5 Å². The van der Waals surface area contributed by atoms with Crippen LogP contribution in [0, 0.1) is 17.1 Å². The number of halogens is 1. The molecule has 1 aromatic heterocycles. The van der Waals surface area contributed by atoms with Gasteiger partial charge < -0.3 is 9.88 Å². The molecule has 4 rings (SSSR count). The Labute approximate surface area is 192 Å². The number of carbonyl (C=O) groups excluding carboxylic acids is 2. The van der Waals surface area contributed by atoms with Crippen LogP contribution in [-0.4, -0.2) is 46.1 Å². The summed E-state index contributed by atoms with van der Waals surface area (Å²) >= 11 is 0. The molecular formula is C26H25FN4O2. The molecule has 2 aromatic carbocycles. The monoisotopic (exact) mass is 444 g/mol. The molecule has 0 unspecified atom stereocenters. The third-order valence-corrected chi connectivity index (χ3v) is 5.78. The second-order valence-electron chi connectivity index (χ2n) is 8.31. The van der Waals surface area contributed by atoms with Gasteiger partial charge in [0.05, 0.1) is 18.2 Å². The number of ketones is 1. The zero-order valence-corrected chi connectivity index (χ0v) is 18.3. The van der Waals surface area contributed by atoms with E-state index in [2.05, 4.69) is 11.1 Å². The number of aromatic nitrogens is 1. The molecule has 3 aromatic rings. The maximum atomic E-state index is 13.7. The molecule has 168 valence electrons. The molecule has 0 atom stereocenters. The van der Waals surface area contributed by atoms with Crippen LogP contribution in [0.4, 0.5) is 4.39 Å². The summed E-state index contributed by atoms with van der Waals surface area (Å²) in [7, 11) is 0. The van der Waals surface area contributed by atoms with Crippen molar-refractivity contribution < 1.29 is 14.0 Å². The quantitative estimate of drug-likeness (QED) is 0.530. The molecular weight excluding hydrogens is 419 g/mol. The lowest BCUT2D eigenvalue weighted by Gasteiger charge is -2.22. The predicted octanol–water partition coefficient (Wildman–Crippen LogP) is 4.15. The Morgan fingerprint density at radius 1 is 1.03 bits per heavy atom. The number of H-pyrrole nitrogens is 1. The molecule has 1 aliphatic rings. The van der Waals surface area contributed by atoms with Crippen LogP contribution in [0.25, 0.3) is 0 Å². The highest BCUT2D eigenvalue weighted by Crippen LogP contribution is 2.16. The van der Waals surface area contributed by atoms with Crippen molar-refractivity contribution in [3.63, 3.8) is 0 Å². The van der Waals surface area contributed by atoms with E-state index in [1.807, 2.05) is 23.1 Å². The van der Waals surface area contributed by atoms with E-state index in [0.717, 1.165) is 37.1 Å². The van der Waals surface area contributed by atoms with Crippen LogP contribution in [0.1, 0.15) is 50.4 Å². The zero-order chi connectivity index (χ0) is 23.2. The summed E-state index contributed by atoms with van der Waals surface area (Å²) in [4.78, 5) is 32.3. The van der Waals surface area contributed by atoms with Gasteiger partial charge in [-0.1, -0.05) is 24.3 Å². The van der Waals surface area contributed by atoms with Crippen molar-refractivity contribution in [1.29, 1.82) is 5.26 Å². The van der Waals surface area contributed by atoms with Gasteiger partial charge in [-0.25, -0.2) is 4.39 Å². The van der Waals surface area contributed by atoms with Crippen molar-refractivity contribution in [3.05, 3.63) is 94.6 Å². The first-order chi connectivity index (χ1) is 16.0. The molecule has 33 heavy (non-hydrogen) atoms. The Balaban J connectivity index is 1.49. The van der Waals surface area contributed by atoms with Crippen LogP contribution in [-0.2, 0) is 13.1 Å². The average molecular weight is 445 g/mol. The third kappa shape index (κ3) is 5.73. The number of nitrogens with zero attached hydrogens (tertiary/aromatic N) is 3. The first-order valence-corrected chi connectivity index (χ1v) is 11.0. The summed E-state index contributed by atoms with van der Waals surface area (Å²) in [5, 5.41) is 9.02. The number of likely N-dealkylation sites (tertiary alicyclic amines) is 1. The molecule has 0 saturated carbocycles. The number of aromatic amines is 1. The number of nitriles is 1. The van der Waals surface area contributed by atoms with Crippen molar-refractivity contribution >= 4 is 11.7 Å². The molecule has 1 aliphatic heterocycles. The number of nitrogens with one attached hydrogen (secondary N) is 1. The topological polar surface area (TPSA) is 80.2 Å². The van der Waals surface area contributed by atoms with Crippen LogP contribution >= 0.6 is 0 Å². The molecule has 1 saturated heterocycles. The Morgan fingerprint density at radius 2 is 1.76 bits per heavy atom. The van der Waals surface area contributed by atoms with Gasteiger partial charge in [-0.2, -0.15) is 5.26 Å². The first kappa shape index (κ1) is 22.4. The Hall–Kier alpha value is -3.76. The molecule has 1 amide bonds. The third-order valence-electron chi connectivity index (χ3n) is 5.78. The van der Waals surface area contributed by atoms with Gasteiger partial charge in [-0.15, -0.1) is 0 Å². The highest BCUT2D eigenvalue weighted by Gasteiger charge is 2.22. The normalized spacial score (nSPS) is 13.3. The highest BCUT2D eigenvalue weighted by molar-refractivity contribution is 6.01. The fourth-order valence-corrected chi connectivity index (χ4v) is 4.07. The SMILES string of the molecule is N#Cc1ccc(CN(CC(=O)c2c[nH]c(C(=O)N3CCCC3)c2)Cc2cccc(F)c2)cc1. The van der Waals surface area contributed by atoms with Gasteiger partial charge in [-0.05, 0) is 54.3 Å². The molecule has 0 spiro atoms. The standard InChI is InChI=1S/C26H25FN4O2/c27-23-5-3-4-21(12-23)17-30(16-20-8-6-19(14-28)7-9-20)18-25(32)22-13-24(29-15-22)26(33)31-10-1-2-11-31/h3-9,12-13,15,29H,1-2,10-11,16-18H2. The zero-order valence-electron chi connectivity index (χ0n) is 18.3. The molecule has 0 bridgehead atoms. The summed E-state index contributed by atoms with van der Waals surface area (Å²) in [6, 6.07) is 17.2. The van der Waals surface area contributed by atoms with E-state index in [4.69, 9.17) is 5.26 Å². The number of amides is 1. The van der Waals surface area contributed by atoms with Crippen LogP contribution in [0.3, 0.4) is 0 Å². The minimum absolute atomic E-state index is 0.0826. The molecule has 2 heterocycles. The predicted molar refractivity (Wildman–Crippen MR) is 122 cm³/mol. The number of carbonyl (C=O) groups is 2. The lowest BCUT2D eigenvalue weighted by molar-refractivity contribution is 0.0787. The average Bonchev–Trinajstić information content (AvgIpc) is 3.52. The number of rotatable bonds is 8. The Morgan fingerprint density at radius 3 is 2.45 bits per heavy atom. The Bertz CT molecular complexity index is 1170. The molecule has 1 N–H and O–H groups in total. The van der Waals surface area contributed by atoms with Gasteiger partial charge in [0.2, 0.25) is 0 Å².